The van der Waals surface area contributed by atoms with Crippen molar-refractivity contribution in [2.45, 2.75) is 36.0 Å². The molecular formula is C11H16BrNO3S2. The molecule has 0 radical (unpaired) electrons. The zero-order valence-electron chi connectivity index (χ0n) is 9.80. The van der Waals surface area contributed by atoms with Crippen molar-refractivity contribution in [3.63, 3.8) is 0 Å². The summed E-state index contributed by atoms with van der Waals surface area (Å²) in [6, 6.07) is 1.72. The highest BCUT2D eigenvalue weighted by molar-refractivity contribution is 9.10. The molecule has 1 saturated carbocycles. The quantitative estimate of drug-likeness (QED) is 0.872. The van der Waals surface area contributed by atoms with Gasteiger partial charge in [0, 0.05) is 11.0 Å². The summed E-state index contributed by atoms with van der Waals surface area (Å²) in [7, 11) is -3.46. The van der Waals surface area contributed by atoms with Crippen LogP contribution in [0.25, 0.3) is 0 Å². The van der Waals surface area contributed by atoms with Gasteiger partial charge in [0.05, 0.1) is 6.10 Å². The van der Waals surface area contributed by atoms with E-state index in [4.69, 9.17) is 0 Å². The van der Waals surface area contributed by atoms with E-state index in [0.29, 0.717) is 15.2 Å². The van der Waals surface area contributed by atoms with Crippen LogP contribution in [0.15, 0.2) is 20.1 Å². The average Bonchev–Trinajstić information content (AvgIpc) is 2.75. The number of rotatable bonds is 4. The van der Waals surface area contributed by atoms with Crippen LogP contribution in [0.5, 0.6) is 0 Å². The van der Waals surface area contributed by atoms with Gasteiger partial charge in [0.25, 0.3) is 10.0 Å². The monoisotopic (exact) mass is 353 g/mol. The van der Waals surface area contributed by atoms with Crippen molar-refractivity contribution in [3.8, 4) is 0 Å². The summed E-state index contributed by atoms with van der Waals surface area (Å²) in [5.74, 6) is 0.0345. The summed E-state index contributed by atoms with van der Waals surface area (Å²) < 4.78 is 27.6. The summed E-state index contributed by atoms with van der Waals surface area (Å²) in [5, 5.41) is 11.5. The van der Waals surface area contributed by atoms with Crippen molar-refractivity contribution in [2.24, 2.45) is 5.92 Å². The molecule has 2 atom stereocenters. The lowest BCUT2D eigenvalue weighted by molar-refractivity contribution is 0.0724. The Bertz CT molecular complexity index is 500. The number of hydrogen-bond acceptors (Lipinski definition) is 4. The van der Waals surface area contributed by atoms with Crippen LogP contribution in [0.4, 0.5) is 0 Å². The van der Waals surface area contributed by atoms with E-state index in [9.17, 15) is 13.5 Å². The lowest BCUT2D eigenvalue weighted by Gasteiger charge is -2.27. The van der Waals surface area contributed by atoms with Gasteiger partial charge in [-0.1, -0.05) is 12.8 Å². The molecule has 1 heterocycles. The molecule has 1 aromatic heterocycles. The van der Waals surface area contributed by atoms with E-state index in [2.05, 4.69) is 20.7 Å². The molecule has 2 N–H and O–H groups in total. The van der Waals surface area contributed by atoms with Crippen LogP contribution in [-0.2, 0) is 10.0 Å². The van der Waals surface area contributed by atoms with Gasteiger partial charge in [-0.25, -0.2) is 13.1 Å². The molecule has 1 fully saturated rings. The molecule has 0 saturated heterocycles. The fraction of sp³-hybridized carbons (Fsp3) is 0.636. The molecule has 1 aromatic rings. The maximum atomic E-state index is 12.1. The molecule has 0 spiro atoms. The van der Waals surface area contributed by atoms with E-state index in [1.54, 1.807) is 11.4 Å². The normalized spacial score (nSPS) is 25.2. The van der Waals surface area contributed by atoms with Gasteiger partial charge in [0.1, 0.15) is 4.21 Å². The van der Waals surface area contributed by atoms with Gasteiger partial charge in [0.2, 0.25) is 0 Å². The first-order valence-electron chi connectivity index (χ1n) is 5.91. The molecule has 0 bridgehead atoms. The molecule has 1 aliphatic carbocycles. The third-order valence-corrected chi connectivity index (χ3v) is 7.33. The zero-order chi connectivity index (χ0) is 13.2. The first kappa shape index (κ1) is 14.5. The van der Waals surface area contributed by atoms with Gasteiger partial charge < -0.3 is 5.11 Å². The molecule has 2 unspecified atom stereocenters. The van der Waals surface area contributed by atoms with Gasteiger partial charge in [0.15, 0.2) is 0 Å². The fourth-order valence-corrected chi connectivity index (χ4v) is 5.65. The Balaban J connectivity index is 1.99. The highest BCUT2D eigenvalue weighted by atomic mass is 79.9. The summed E-state index contributed by atoms with van der Waals surface area (Å²) in [5.41, 5.74) is 0. The van der Waals surface area contributed by atoms with E-state index in [1.807, 2.05) is 0 Å². The van der Waals surface area contributed by atoms with Gasteiger partial charge in [-0.05, 0) is 46.1 Å². The van der Waals surface area contributed by atoms with Crippen LogP contribution in [0.1, 0.15) is 25.7 Å². The molecule has 7 heteroatoms. The second-order valence-corrected chi connectivity index (χ2v) is 8.25. The van der Waals surface area contributed by atoms with Crippen LogP contribution < -0.4 is 4.72 Å². The van der Waals surface area contributed by atoms with E-state index in [-0.39, 0.29) is 12.0 Å². The minimum absolute atomic E-state index is 0.0345. The minimum Gasteiger partial charge on any atom is -0.393 e. The Kier molecular flexibility index (Phi) is 4.82. The van der Waals surface area contributed by atoms with E-state index < -0.39 is 10.0 Å². The van der Waals surface area contributed by atoms with Crippen LogP contribution in [0.3, 0.4) is 0 Å². The first-order valence-corrected chi connectivity index (χ1v) is 9.07. The summed E-state index contributed by atoms with van der Waals surface area (Å²) >= 11 is 4.41. The molecular weight excluding hydrogens is 338 g/mol. The van der Waals surface area contributed by atoms with Gasteiger partial charge in [-0.2, -0.15) is 0 Å². The number of hydrogen-bond donors (Lipinski definition) is 2. The number of nitrogens with one attached hydrogen (secondary N) is 1. The first-order chi connectivity index (χ1) is 8.50. The highest BCUT2D eigenvalue weighted by Crippen LogP contribution is 2.28. The number of sulfonamides is 1. The van der Waals surface area contributed by atoms with Crippen molar-refractivity contribution in [3.05, 3.63) is 15.9 Å². The topological polar surface area (TPSA) is 66.4 Å². The third kappa shape index (κ3) is 3.33. The molecule has 102 valence electrons. The SMILES string of the molecule is O=S(=O)(NCC1CCCCC1O)c1sccc1Br. The smallest absolute Gasteiger partial charge is 0.251 e. The zero-order valence-corrected chi connectivity index (χ0v) is 13.0. The van der Waals surface area contributed by atoms with Crippen molar-refractivity contribution in [2.75, 3.05) is 6.54 Å². The van der Waals surface area contributed by atoms with Gasteiger partial charge in [-0.15, -0.1) is 11.3 Å². The number of aliphatic hydroxyl groups excluding tert-OH is 1. The lowest BCUT2D eigenvalue weighted by Crippen LogP contribution is -2.36. The van der Waals surface area contributed by atoms with Gasteiger partial charge >= 0.3 is 0 Å². The minimum atomic E-state index is -3.46. The Morgan fingerprint density at radius 2 is 2.17 bits per heavy atom. The van der Waals surface area contributed by atoms with Crippen LogP contribution in [0, 0.1) is 5.92 Å². The van der Waals surface area contributed by atoms with Crippen LogP contribution in [-0.4, -0.2) is 26.2 Å². The number of halogens is 1. The standard InChI is InChI=1S/C11H16BrNO3S2/c12-9-5-6-17-11(9)18(15,16)13-7-8-3-1-2-4-10(8)14/h5-6,8,10,13-14H,1-4,7H2. The summed E-state index contributed by atoms with van der Waals surface area (Å²) in [6.45, 7) is 0.313. The summed E-state index contributed by atoms with van der Waals surface area (Å²) in [4.78, 5) is 0. The Morgan fingerprint density at radius 3 is 2.78 bits per heavy atom. The second kappa shape index (κ2) is 6.00. The summed E-state index contributed by atoms with van der Waals surface area (Å²) in [6.07, 6.45) is 3.37. The fourth-order valence-electron chi connectivity index (χ4n) is 2.18. The molecule has 0 aromatic carbocycles. The van der Waals surface area contributed by atoms with Crippen LogP contribution >= 0.6 is 27.3 Å². The highest BCUT2D eigenvalue weighted by Gasteiger charge is 2.26. The Hall–Kier alpha value is 0.0500. The maximum absolute atomic E-state index is 12.1. The van der Waals surface area contributed by atoms with E-state index in [0.717, 1.165) is 25.7 Å². The Morgan fingerprint density at radius 1 is 1.44 bits per heavy atom. The van der Waals surface area contributed by atoms with Crippen molar-refractivity contribution in [1.29, 1.82) is 0 Å². The lowest BCUT2D eigenvalue weighted by atomic mass is 9.87. The molecule has 0 aliphatic heterocycles. The second-order valence-electron chi connectivity index (χ2n) is 4.52. The van der Waals surface area contributed by atoms with Crippen LogP contribution in [0.2, 0.25) is 0 Å². The molecule has 1 aliphatic rings. The number of aliphatic hydroxyl groups is 1. The van der Waals surface area contributed by atoms with Gasteiger partial charge in [-0.3, -0.25) is 0 Å². The van der Waals surface area contributed by atoms with Crippen molar-refractivity contribution < 1.29 is 13.5 Å². The molecule has 4 nitrogen and oxygen atoms in total. The number of thiophene rings is 1. The Labute approximate surface area is 120 Å². The predicted molar refractivity (Wildman–Crippen MR) is 75.2 cm³/mol. The van der Waals surface area contributed by atoms with E-state index in [1.165, 1.54) is 11.3 Å². The molecule has 18 heavy (non-hydrogen) atoms. The van der Waals surface area contributed by atoms with E-state index >= 15 is 0 Å². The largest absolute Gasteiger partial charge is 0.393 e. The van der Waals surface area contributed by atoms with Crippen molar-refractivity contribution >= 4 is 37.3 Å². The molecule has 0 amide bonds. The third-order valence-electron chi connectivity index (χ3n) is 3.23. The maximum Gasteiger partial charge on any atom is 0.251 e. The van der Waals surface area contributed by atoms with Crippen molar-refractivity contribution in [1.82, 2.24) is 4.72 Å². The average molecular weight is 354 g/mol. The molecule has 2 rings (SSSR count). The predicted octanol–water partition coefficient (Wildman–Crippen LogP) is 2.34.